The topological polar surface area (TPSA) is 82.7 Å². The lowest BCUT2D eigenvalue weighted by Crippen LogP contribution is -2.47. The smallest absolute Gasteiger partial charge is 0.264 e. The predicted octanol–water partition coefficient (Wildman–Crippen LogP) is 2.50. The molecule has 0 unspecified atom stereocenters. The third-order valence-electron chi connectivity index (χ3n) is 8.07. The van der Waals surface area contributed by atoms with Gasteiger partial charge in [-0.05, 0) is 37.6 Å². The van der Waals surface area contributed by atoms with Crippen molar-refractivity contribution in [3.8, 4) is 5.69 Å². The van der Waals surface area contributed by atoms with Crippen LogP contribution in [-0.4, -0.2) is 86.2 Å². The van der Waals surface area contributed by atoms with Crippen molar-refractivity contribution >= 4 is 16.7 Å². The number of benzene rings is 2. The van der Waals surface area contributed by atoms with E-state index in [4.69, 9.17) is 0 Å². The van der Waals surface area contributed by atoms with Crippen LogP contribution in [0.2, 0.25) is 0 Å². The van der Waals surface area contributed by atoms with Gasteiger partial charge in [0.25, 0.3) is 5.56 Å². The molecule has 6 rings (SSSR count). The fourth-order valence-corrected chi connectivity index (χ4v) is 5.63. The molecule has 4 aromatic rings. The van der Waals surface area contributed by atoms with Crippen LogP contribution in [0.4, 0.5) is 10.1 Å². The Balaban J connectivity index is 1.17. The van der Waals surface area contributed by atoms with E-state index in [0.717, 1.165) is 45.8 Å². The summed E-state index contributed by atoms with van der Waals surface area (Å²) in [6.45, 7) is 5.86. The summed E-state index contributed by atoms with van der Waals surface area (Å²) in [4.78, 5) is 24.4. The van der Waals surface area contributed by atoms with Gasteiger partial charge in [0.1, 0.15) is 17.5 Å². The van der Waals surface area contributed by atoms with Crippen LogP contribution in [0.5, 0.6) is 0 Å². The highest BCUT2D eigenvalue weighted by molar-refractivity contribution is 5.75. The first-order valence-electron chi connectivity index (χ1n) is 13.5. The maximum Gasteiger partial charge on any atom is 0.264 e. The van der Waals surface area contributed by atoms with Crippen molar-refractivity contribution in [3.05, 3.63) is 82.8 Å². The minimum Gasteiger partial charge on any atom is -0.388 e. The van der Waals surface area contributed by atoms with E-state index >= 15 is 4.39 Å². The Morgan fingerprint density at radius 3 is 2.46 bits per heavy atom. The number of hydrogen-bond acceptors (Lipinski definition) is 7. The van der Waals surface area contributed by atoms with Crippen LogP contribution in [0, 0.1) is 5.82 Å². The molecule has 2 aliphatic heterocycles. The molecule has 0 aliphatic carbocycles. The summed E-state index contributed by atoms with van der Waals surface area (Å²) in [7, 11) is 2.07. The Hall–Kier alpha value is -3.60. The molecule has 2 saturated heterocycles. The van der Waals surface area contributed by atoms with Crippen molar-refractivity contribution < 1.29 is 9.50 Å². The van der Waals surface area contributed by atoms with Crippen LogP contribution in [0.3, 0.4) is 0 Å². The molecule has 2 aliphatic rings. The number of rotatable bonds is 6. The number of nitrogens with zero attached hydrogens (tertiary/aromatic N) is 7. The molecule has 2 aromatic heterocycles. The summed E-state index contributed by atoms with van der Waals surface area (Å²) < 4.78 is 18.1. The highest BCUT2D eigenvalue weighted by Crippen LogP contribution is 2.26. The highest BCUT2D eigenvalue weighted by atomic mass is 19.1. The average Bonchev–Trinajstić information content (AvgIpc) is 3.38. The van der Waals surface area contributed by atoms with Crippen LogP contribution in [0.15, 0.2) is 65.8 Å². The molecule has 0 bridgehead atoms. The fourth-order valence-electron chi connectivity index (χ4n) is 5.63. The highest BCUT2D eigenvalue weighted by Gasteiger charge is 2.33. The lowest BCUT2D eigenvalue weighted by Gasteiger charge is -2.38. The number of likely N-dealkylation sites (N-methyl/N-ethyl adjacent to an activating group) is 1. The zero-order chi connectivity index (χ0) is 27.0. The molecular weight excluding hydrogens is 497 g/mol. The second-order valence-corrected chi connectivity index (χ2v) is 10.9. The molecule has 0 spiro atoms. The quantitative estimate of drug-likeness (QED) is 0.409. The molecule has 9 nitrogen and oxygen atoms in total. The van der Waals surface area contributed by atoms with Gasteiger partial charge in [0.15, 0.2) is 5.65 Å². The van der Waals surface area contributed by atoms with Crippen LogP contribution < -0.4 is 10.5 Å². The van der Waals surface area contributed by atoms with E-state index in [-0.39, 0.29) is 17.9 Å². The third kappa shape index (κ3) is 5.32. The largest absolute Gasteiger partial charge is 0.388 e. The monoisotopic (exact) mass is 531 g/mol. The average molecular weight is 532 g/mol. The summed E-state index contributed by atoms with van der Waals surface area (Å²) in [5, 5.41) is 16.0. The molecule has 4 heterocycles. The van der Waals surface area contributed by atoms with Crippen molar-refractivity contribution in [1.29, 1.82) is 0 Å². The minimum absolute atomic E-state index is 0.174. The van der Waals surface area contributed by atoms with E-state index in [2.05, 4.69) is 39.1 Å². The summed E-state index contributed by atoms with van der Waals surface area (Å²) in [6, 6.07) is 15.3. The SMILES string of the molecule is CN1CCN(c2ccc(-n3ncc4c(=O)n(CC5(O)CCN(Cc6ccccc6)CC5)cnc43)cc2F)CC1. The Morgan fingerprint density at radius 2 is 1.74 bits per heavy atom. The Bertz CT molecular complexity index is 1500. The van der Waals surface area contributed by atoms with Crippen LogP contribution in [0.1, 0.15) is 18.4 Å². The van der Waals surface area contributed by atoms with Gasteiger partial charge in [0.2, 0.25) is 0 Å². The van der Waals surface area contributed by atoms with Gasteiger partial charge in [0, 0.05) is 51.9 Å². The zero-order valence-electron chi connectivity index (χ0n) is 22.2. The number of piperidine rings is 1. The molecule has 0 amide bonds. The van der Waals surface area contributed by atoms with Gasteiger partial charge in [-0.25, -0.2) is 14.1 Å². The predicted molar refractivity (Wildman–Crippen MR) is 149 cm³/mol. The summed E-state index contributed by atoms with van der Waals surface area (Å²) in [5.41, 5.74) is 1.45. The number of fused-ring (bicyclic) bond motifs is 1. The fraction of sp³-hybridized carbons (Fsp3) is 0.414. The van der Waals surface area contributed by atoms with E-state index in [0.29, 0.717) is 35.2 Å². The molecule has 0 atom stereocenters. The van der Waals surface area contributed by atoms with Crippen molar-refractivity contribution in [1.82, 2.24) is 29.1 Å². The summed E-state index contributed by atoms with van der Waals surface area (Å²) >= 11 is 0. The number of halogens is 1. The first-order valence-corrected chi connectivity index (χ1v) is 13.5. The molecule has 204 valence electrons. The van der Waals surface area contributed by atoms with E-state index in [1.54, 1.807) is 6.07 Å². The molecule has 0 saturated carbocycles. The lowest BCUT2D eigenvalue weighted by atomic mass is 9.91. The van der Waals surface area contributed by atoms with Crippen LogP contribution in [-0.2, 0) is 13.1 Å². The first-order chi connectivity index (χ1) is 18.9. The van der Waals surface area contributed by atoms with Gasteiger partial charge < -0.3 is 14.9 Å². The van der Waals surface area contributed by atoms with Crippen molar-refractivity contribution in [3.63, 3.8) is 0 Å². The molecule has 10 heteroatoms. The van der Waals surface area contributed by atoms with E-state index in [9.17, 15) is 9.90 Å². The van der Waals surface area contributed by atoms with Gasteiger partial charge in [0.05, 0.1) is 29.7 Å². The van der Waals surface area contributed by atoms with E-state index in [1.807, 2.05) is 29.2 Å². The van der Waals surface area contributed by atoms with Crippen LogP contribution >= 0.6 is 0 Å². The Labute approximate surface area is 226 Å². The number of piperazine rings is 1. The maximum atomic E-state index is 15.1. The maximum absolute atomic E-state index is 15.1. The number of aliphatic hydroxyl groups is 1. The molecule has 39 heavy (non-hydrogen) atoms. The van der Waals surface area contributed by atoms with Crippen LogP contribution in [0.25, 0.3) is 16.7 Å². The van der Waals surface area contributed by atoms with Crippen molar-refractivity contribution in [2.75, 3.05) is 51.2 Å². The van der Waals surface area contributed by atoms with Crippen molar-refractivity contribution in [2.45, 2.75) is 31.5 Å². The second kappa shape index (κ2) is 10.5. The van der Waals surface area contributed by atoms with Crippen molar-refractivity contribution in [2.24, 2.45) is 0 Å². The standard InChI is InChI=1S/C29H34FN7O2/c1-33-13-15-35(16-14-33)26-8-7-23(17-25(26)30)37-27-24(18-32-37)28(38)36(21-31-27)20-29(39)9-11-34(12-10-29)19-22-5-3-2-4-6-22/h2-8,17-18,21,39H,9-16,19-20H2,1H3. The van der Waals surface area contributed by atoms with Gasteiger partial charge in [-0.1, -0.05) is 30.3 Å². The molecular formula is C29H34FN7O2. The molecule has 0 radical (unpaired) electrons. The number of likely N-dealkylation sites (tertiary alicyclic amines) is 1. The molecule has 2 fully saturated rings. The minimum atomic E-state index is -0.982. The Morgan fingerprint density at radius 1 is 1.00 bits per heavy atom. The number of aromatic nitrogens is 4. The summed E-state index contributed by atoms with van der Waals surface area (Å²) in [5.74, 6) is -0.324. The lowest BCUT2D eigenvalue weighted by molar-refractivity contribution is -0.0364. The molecule has 2 aromatic carbocycles. The second-order valence-electron chi connectivity index (χ2n) is 10.9. The third-order valence-corrected chi connectivity index (χ3v) is 8.07. The van der Waals surface area contributed by atoms with E-state index in [1.165, 1.54) is 33.4 Å². The molecule has 1 N–H and O–H groups in total. The number of anilines is 1. The zero-order valence-corrected chi connectivity index (χ0v) is 22.2. The number of hydrogen-bond donors (Lipinski definition) is 1. The van der Waals surface area contributed by atoms with Gasteiger partial charge in [-0.3, -0.25) is 14.3 Å². The first kappa shape index (κ1) is 25.7. The van der Waals surface area contributed by atoms with Gasteiger partial charge >= 0.3 is 0 Å². The van der Waals surface area contributed by atoms with Gasteiger partial charge in [-0.15, -0.1) is 0 Å². The summed E-state index contributed by atoms with van der Waals surface area (Å²) in [6.07, 6.45) is 4.08. The van der Waals surface area contributed by atoms with Gasteiger partial charge in [-0.2, -0.15) is 5.10 Å². The normalized spacial score (nSPS) is 18.6. The van der Waals surface area contributed by atoms with E-state index < -0.39 is 5.60 Å². The Kier molecular flexibility index (Phi) is 6.92.